The van der Waals surface area contributed by atoms with Crippen molar-refractivity contribution in [2.75, 3.05) is 5.73 Å². The Kier molecular flexibility index (Phi) is 3.28. The van der Waals surface area contributed by atoms with Gasteiger partial charge in [0.05, 0.1) is 5.52 Å². The predicted molar refractivity (Wildman–Crippen MR) is 82.8 cm³/mol. The van der Waals surface area contributed by atoms with Crippen LogP contribution in [-0.2, 0) is 0 Å². The van der Waals surface area contributed by atoms with Gasteiger partial charge in [0.2, 0.25) is 5.88 Å². The van der Waals surface area contributed by atoms with E-state index in [1.807, 2.05) is 30.3 Å². The molecule has 0 unspecified atom stereocenters. The molecular formula is C17H22N2O. The fraction of sp³-hybridized carbons (Fsp3) is 0.471. The molecule has 0 amide bonds. The number of benzene rings is 1. The van der Waals surface area contributed by atoms with Crippen molar-refractivity contribution in [3.8, 4) is 5.88 Å². The highest BCUT2D eigenvalue weighted by molar-refractivity contribution is 5.82. The quantitative estimate of drug-likeness (QED) is 0.833. The lowest BCUT2D eigenvalue weighted by molar-refractivity contribution is 0.0952. The molecule has 0 atom stereocenters. The van der Waals surface area contributed by atoms with E-state index in [0.29, 0.717) is 11.5 Å². The molecule has 3 heteroatoms. The second-order valence-corrected chi connectivity index (χ2v) is 6.58. The summed E-state index contributed by atoms with van der Waals surface area (Å²) in [5, 5.41) is 1.06. The molecule has 106 valence electrons. The molecule has 2 N–H and O–H groups in total. The maximum absolute atomic E-state index is 6.04. The molecule has 0 spiro atoms. The summed E-state index contributed by atoms with van der Waals surface area (Å²) < 4.78 is 6.04. The topological polar surface area (TPSA) is 48.1 Å². The highest BCUT2D eigenvalue weighted by Crippen LogP contribution is 2.36. The van der Waals surface area contributed by atoms with E-state index >= 15 is 0 Å². The monoisotopic (exact) mass is 270 g/mol. The van der Waals surface area contributed by atoms with Gasteiger partial charge in [-0.25, -0.2) is 4.98 Å². The molecule has 1 aliphatic carbocycles. The summed E-state index contributed by atoms with van der Waals surface area (Å²) >= 11 is 0. The summed E-state index contributed by atoms with van der Waals surface area (Å²) in [6.07, 6.45) is 4.99. The Hall–Kier alpha value is -1.77. The van der Waals surface area contributed by atoms with Crippen LogP contribution in [0, 0.1) is 5.41 Å². The molecule has 0 bridgehead atoms. The number of rotatable bonds is 2. The van der Waals surface area contributed by atoms with E-state index < -0.39 is 0 Å². The minimum absolute atomic E-state index is 0.307. The van der Waals surface area contributed by atoms with Crippen molar-refractivity contribution in [2.45, 2.75) is 45.6 Å². The van der Waals surface area contributed by atoms with Crippen LogP contribution < -0.4 is 10.5 Å². The predicted octanol–water partition coefficient (Wildman–Crippen LogP) is 4.16. The van der Waals surface area contributed by atoms with Gasteiger partial charge in [-0.3, -0.25) is 0 Å². The number of hydrogen-bond donors (Lipinski definition) is 1. The van der Waals surface area contributed by atoms with Crippen LogP contribution in [0.3, 0.4) is 0 Å². The highest BCUT2D eigenvalue weighted by atomic mass is 16.5. The molecule has 1 heterocycles. The minimum Gasteiger partial charge on any atom is -0.474 e. The zero-order chi connectivity index (χ0) is 14.2. The highest BCUT2D eigenvalue weighted by Gasteiger charge is 2.27. The number of fused-ring (bicyclic) bond motifs is 1. The fourth-order valence-corrected chi connectivity index (χ4v) is 2.85. The fourth-order valence-electron chi connectivity index (χ4n) is 2.85. The largest absolute Gasteiger partial charge is 0.474 e. The average molecular weight is 270 g/mol. The summed E-state index contributed by atoms with van der Waals surface area (Å²) in [4.78, 5) is 4.57. The van der Waals surface area contributed by atoms with Crippen molar-refractivity contribution in [2.24, 2.45) is 5.41 Å². The van der Waals surface area contributed by atoms with E-state index in [2.05, 4.69) is 18.8 Å². The minimum atomic E-state index is 0.307. The molecule has 1 aromatic heterocycles. The lowest BCUT2D eigenvalue weighted by Crippen LogP contribution is -2.28. The molecule has 3 rings (SSSR count). The number of hydrogen-bond acceptors (Lipinski definition) is 3. The Morgan fingerprint density at radius 1 is 1.15 bits per heavy atom. The first kappa shape index (κ1) is 13.2. The maximum Gasteiger partial charge on any atom is 0.214 e. The van der Waals surface area contributed by atoms with Crippen LogP contribution in [0.5, 0.6) is 5.88 Å². The average Bonchev–Trinajstić information content (AvgIpc) is 2.41. The molecule has 0 radical (unpaired) electrons. The van der Waals surface area contributed by atoms with E-state index in [1.165, 1.54) is 12.8 Å². The first-order valence-corrected chi connectivity index (χ1v) is 7.35. The van der Waals surface area contributed by atoms with Gasteiger partial charge in [0, 0.05) is 17.1 Å². The first-order chi connectivity index (χ1) is 9.52. The smallest absolute Gasteiger partial charge is 0.214 e. The molecule has 1 aromatic carbocycles. The summed E-state index contributed by atoms with van der Waals surface area (Å²) in [5.41, 5.74) is 7.95. The van der Waals surface area contributed by atoms with Gasteiger partial charge in [-0.15, -0.1) is 0 Å². The van der Waals surface area contributed by atoms with Gasteiger partial charge in [-0.1, -0.05) is 13.8 Å². The summed E-state index contributed by atoms with van der Waals surface area (Å²) in [6, 6.07) is 9.74. The molecule has 1 aliphatic rings. The Morgan fingerprint density at radius 3 is 2.65 bits per heavy atom. The lowest BCUT2D eigenvalue weighted by Gasteiger charge is -2.34. The standard InChI is InChI=1S/C17H22N2O/c1-17(2)9-7-14(8-10-17)20-16-6-3-12-11-13(18)4-5-15(12)19-16/h3-6,11,14H,7-10,18H2,1-2H3. The zero-order valence-corrected chi connectivity index (χ0v) is 12.2. The van der Waals surface area contributed by atoms with Crippen molar-refractivity contribution < 1.29 is 4.74 Å². The molecule has 0 aliphatic heterocycles. The third-order valence-electron chi connectivity index (χ3n) is 4.26. The van der Waals surface area contributed by atoms with Crippen molar-refractivity contribution in [3.05, 3.63) is 30.3 Å². The molecule has 1 fully saturated rings. The van der Waals surface area contributed by atoms with Crippen molar-refractivity contribution in [1.82, 2.24) is 4.98 Å². The summed E-state index contributed by atoms with van der Waals surface area (Å²) in [7, 11) is 0. The number of nitrogen functional groups attached to an aromatic ring is 1. The second kappa shape index (κ2) is 4.97. The summed E-state index contributed by atoms with van der Waals surface area (Å²) in [6.45, 7) is 4.67. The van der Waals surface area contributed by atoms with Crippen LogP contribution in [0.2, 0.25) is 0 Å². The van der Waals surface area contributed by atoms with E-state index in [1.54, 1.807) is 0 Å². The number of anilines is 1. The summed E-state index contributed by atoms with van der Waals surface area (Å²) in [5.74, 6) is 0.729. The number of nitrogens with zero attached hydrogens (tertiary/aromatic N) is 1. The van der Waals surface area contributed by atoms with Crippen LogP contribution in [0.4, 0.5) is 5.69 Å². The van der Waals surface area contributed by atoms with E-state index in [4.69, 9.17) is 10.5 Å². The Labute approximate surface area is 120 Å². The Bertz CT molecular complexity index is 611. The number of nitrogens with two attached hydrogens (primary N) is 1. The maximum atomic E-state index is 6.04. The third-order valence-corrected chi connectivity index (χ3v) is 4.26. The molecule has 1 saturated carbocycles. The SMILES string of the molecule is CC1(C)CCC(Oc2ccc3cc(N)ccc3n2)CC1. The molecule has 0 saturated heterocycles. The Morgan fingerprint density at radius 2 is 1.90 bits per heavy atom. The lowest BCUT2D eigenvalue weighted by atomic mass is 9.76. The van der Waals surface area contributed by atoms with Gasteiger partial charge < -0.3 is 10.5 Å². The Balaban J connectivity index is 1.73. The zero-order valence-electron chi connectivity index (χ0n) is 12.2. The van der Waals surface area contributed by atoms with Gasteiger partial charge >= 0.3 is 0 Å². The van der Waals surface area contributed by atoms with Crippen molar-refractivity contribution in [3.63, 3.8) is 0 Å². The van der Waals surface area contributed by atoms with Crippen LogP contribution in [0.15, 0.2) is 30.3 Å². The van der Waals surface area contributed by atoms with E-state index in [0.717, 1.165) is 35.3 Å². The number of ether oxygens (including phenoxy) is 1. The van der Waals surface area contributed by atoms with E-state index in [9.17, 15) is 0 Å². The normalized spacial score (nSPS) is 19.1. The second-order valence-electron chi connectivity index (χ2n) is 6.58. The molecular weight excluding hydrogens is 248 g/mol. The molecule has 3 nitrogen and oxygen atoms in total. The molecule has 2 aromatic rings. The van der Waals surface area contributed by atoms with Crippen LogP contribution >= 0.6 is 0 Å². The van der Waals surface area contributed by atoms with Crippen molar-refractivity contribution >= 4 is 16.6 Å². The number of pyridine rings is 1. The van der Waals surface area contributed by atoms with Crippen LogP contribution in [-0.4, -0.2) is 11.1 Å². The molecule has 20 heavy (non-hydrogen) atoms. The number of aromatic nitrogens is 1. The van der Waals surface area contributed by atoms with Gasteiger partial charge in [0.15, 0.2) is 0 Å². The van der Waals surface area contributed by atoms with Gasteiger partial charge in [-0.05, 0) is 55.4 Å². The van der Waals surface area contributed by atoms with E-state index in [-0.39, 0.29) is 0 Å². The van der Waals surface area contributed by atoms with Crippen LogP contribution in [0.25, 0.3) is 10.9 Å². The third kappa shape index (κ3) is 2.87. The van der Waals surface area contributed by atoms with Crippen LogP contribution in [0.1, 0.15) is 39.5 Å². The first-order valence-electron chi connectivity index (χ1n) is 7.35. The van der Waals surface area contributed by atoms with Gasteiger partial charge in [-0.2, -0.15) is 0 Å². The van der Waals surface area contributed by atoms with Crippen molar-refractivity contribution in [1.29, 1.82) is 0 Å². The van der Waals surface area contributed by atoms with Gasteiger partial charge in [0.1, 0.15) is 6.10 Å². The van der Waals surface area contributed by atoms with Gasteiger partial charge in [0.25, 0.3) is 0 Å².